The number of hydrogen-bond donors (Lipinski definition) is 2. The Morgan fingerprint density at radius 2 is 1.62 bits per heavy atom. The van der Waals surface area contributed by atoms with Crippen LogP contribution in [0.4, 0.5) is 4.79 Å². The number of amides is 1. The van der Waals surface area contributed by atoms with Crippen LogP contribution in [-0.4, -0.2) is 72.5 Å². The van der Waals surface area contributed by atoms with Crippen molar-refractivity contribution in [1.82, 2.24) is 9.80 Å². The highest BCUT2D eigenvalue weighted by Gasteiger charge is 2.24. The van der Waals surface area contributed by atoms with Gasteiger partial charge in [0.05, 0.1) is 13.2 Å². The van der Waals surface area contributed by atoms with Gasteiger partial charge < -0.3 is 19.8 Å². The summed E-state index contributed by atoms with van der Waals surface area (Å²) in [7, 11) is 1.79. The monoisotopic (exact) mass is 426 g/mol. The Morgan fingerprint density at radius 1 is 1.03 bits per heavy atom. The second-order valence-corrected chi connectivity index (χ2v) is 8.46. The summed E-state index contributed by atoms with van der Waals surface area (Å²) in [6.07, 6.45) is 6.63. The molecule has 0 radical (unpaired) electrons. The predicted octanol–water partition coefficient (Wildman–Crippen LogP) is 3.64. The SMILES string of the molecule is CN(C[C@H]1CC[C@H](CCCN(CCO)CCO)CC1)C(=O)Oc1ccc(Cl)cc1. The Hall–Kier alpha value is -1.34. The van der Waals surface area contributed by atoms with Crippen LogP contribution in [0.5, 0.6) is 5.75 Å². The van der Waals surface area contributed by atoms with Gasteiger partial charge in [0.25, 0.3) is 0 Å². The molecule has 1 fully saturated rings. The van der Waals surface area contributed by atoms with Gasteiger partial charge in [0.1, 0.15) is 5.75 Å². The van der Waals surface area contributed by atoms with Crippen molar-refractivity contribution < 1.29 is 19.7 Å². The van der Waals surface area contributed by atoms with E-state index in [1.165, 1.54) is 19.3 Å². The Bertz CT molecular complexity index is 585. The average molecular weight is 427 g/mol. The van der Waals surface area contributed by atoms with E-state index in [1.807, 2.05) is 0 Å². The second-order valence-electron chi connectivity index (χ2n) is 8.02. The second kappa shape index (κ2) is 13.1. The van der Waals surface area contributed by atoms with Gasteiger partial charge in [0, 0.05) is 31.7 Å². The Labute approximate surface area is 179 Å². The van der Waals surface area contributed by atoms with Crippen molar-refractivity contribution in [2.24, 2.45) is 11.8 Å². The van der Waals surface area contributed by atoms with E-state index in [0.717, 1.165) is 38.3 Å². The number of aliphatic hydroxyl groups is 2. The first kappa shape index (κ1) is 23.9. The van der Waals surface area contributed by atoms with Crippen molar-refractivity contribution in [1.29, 1.82) is 0 Å². The summed E-state index contributed by atoms with van der Waals surface area (Å²) in [4.78, 5) is 16.1. The van der Waals surface area contributed by atoms with Crippen LogP contribution in [0.1, 0.15) is 38.5 Å². The minimum Gasteiger partial charge on any atom is -0.410 e. The third kappa shape index (κ3) is 8.91. The van der Waals surface area contributed by atoms with E-state index < -0.39 is 0 Å². The Kier molecular flexibility index (Phi) is 10.8. The standard InChI is InChI=1S/C22H35ClN2O4/c1-24(22(28)29-21-10-8-20(23)9-11-21)17-19-6-4-18(5-7-19)3-2-12-25(13-15-26)14-16-27/h8-11,18-19,26-27H,2-7,12-17H2,1H3/t18-,19-. The smallest absolute Gasteiger partial charge is 0.410 e. The van der Waals surface area contributed by atoms with Gasteiger partial charge in [-0.05, 0) is 68.3 Å². The van der Waals surface area contributed by atoms with Gasteiger partial charge in [-0.1, -0.05) is 24.4 Å². The summed E-state index contributed by atoms with van der Waals surface area (Å²) in [5.74, 6) is 1.77. The van der Waals surface area contributed by atoms with Crippen molar-refractivity contribution >= 4 is 17.7 Å². The van der Waals surface area contributed by atoms with Crippen LogP contribution in [0.15, 0.2) is 24.3 Å². The molecule has 0 heterocycles. The van der Waals surface area contributed by atoms with Gasteiger partial charge in [0.2, 0.25) is 0 Å². The molecule has 0 aromatic heterocycles. The fourth-order valence-corrected chi connectivity index (χ4v) is 4.19. The lowest BCUT2D eigenvalue weighted by atomic mass is 9.80. The molecule has 29 heavy (non-hydrogen) atoms. The molecule has 0 aliphatic heterocycles. The summed E-state index contributed by atoms with van der Waals surface area (Å²) < 4.78 is 5.40. The molecule has 1 amide bonds. The van der Waals surface area contributed by atoms with E-state index in [0.29, 0.717) is 29.8 Å². The van der Waals surface area contributed by atoms with Crippen LogP contribution in [-0.2, 0) is 0 Å². The van der Waals surface area contributed by atoms with Crippen LogP contribution in [0.3, 0.4) is 0 Å². The van der Waals surface area contributed by atoms with Gasteiger partial charge in [0.15, 0.2) is 0 Å². The first-order valence-corrected chi connectivity index (χ1v) is 11.0. The Balaban J connectivity index is 1.64. The van der Waals surface area contributed by atoms with Crippen LogP contribution < -0.4 is 4.74 Å². The molecule has 2 N–H and O–H groups in total. The fourth-order valence-electron chi connectivity index (χ4n) is 4.07. The molecule has 1 aromatic carbocycles. The molecule has 6 nitrogen and oxygen atoms in total. The van der Waals surface area contributed by atoms with Crippen LogP contribution in [0.25, 0.3) is 0 Å². The molecule has 0 spiro atoms. The van der Waals surface area contributed by atoms with Gasteiger partial charge in [-0.2, -0.15) is 0 Å². The zero-order valence-electron chi connectivity index (χ0n) is 17.4. The molecule has 1 aliphatic carbocycles. The third-order valence-corrected chi connectivity index (χ3v) is 6.00. The van der Waals surface area contributed by atoms with E-state index in [4.69, 9.17) is 26.6 Å². The van der Waals surface area contributed by atoms with Crippen LogP contribution >= 0.6 is 11.6 Å². The predicted molar refractivity (Wildman–Crippen MR) is 115 cm³/mol. The third-order valence-electron chi connectivity index (χ3n) is 5.75. The molecule has 1 saturated carbocycles. The maximum Gasteiger partial charge on any atom is 0.414 e. The molecule has 0 atom stereocenters. The maximum absolute atomic E-state index is 12.3. The molecular weight excluding hydrogens is 392 g/mol. The van der Waals surface area contributed by atoms with E-state index in [2.05, 4.69) is 4.90 Å². The number of ether oxygens (including phenoxy) is 1. The Morgan fingerprint density at radius 3 is 2.21 bits per heavy atom. The highest BCUT2D eigenvalue weighted by Crippen LogP contribution is 2.32. The molecule has 0 bridgehead atoms. The summed E-state index contributed by atoms with van der Waals surface area (Å²) in [5.41, 5.74) is 0. The quantitative estimate of drug-likeness (QED) is 0.565. The fraction of sp³-hybridized carbons (Fsp3) is 0.682. The molecule has 0 saturated heterocycles. The number of carbonyl (C=O) groups excluding carboxylic acids is 1. The number of halogens is 1. The van der Waals surface area contributed by atoms with Gasteiger partial charge in [-0.3, -0.25) is 4.90 Å². The number of hydrogen-bond acceptors (Lipinski definition) is 5. The van der Waals surface area contributed by atoms with Crippen molar-refractivity contribution in [2.75, 3.05) is 46.4 Å². The van der Waals surface area contributed by atoms with Gasteiger partial charge in [-0.25, -0.2) is 4.79 Å². The van der Waals surface area contributed by atoms with E-state index in [9.17, 15) is 4.79 Å². The zero-order valence-corrected chi connectivity index (χ0v) is 18.2. The van der Waals surface area contributed by atoms with Gasteiger partial charge in [-0.15, -0.1) is 0 Å². The number of rotatable bonds is 11. The minimum absolute atomic E-state index is 0.138. The molecule has 164 valence electrons. The summed E-state index contributed by atoms with van der Waals surface area (Å²) in [5, 5.41) is 18.8. The average Bonchev–Trinajstić information content (AvgIpc) is 2.71. The van der Waals surface area contributed by atoms with E-state index in [1.54, 1.807) is 36.2 Å². The first-order chi connectivity index (χ1) is 14.0. The number of nitrogens with zero attached hydrogens (tertiary/aromatic N) is 2. The van der Waals surface area contributed by atoms with Crippen LogP contribution in [0, 0.1) is 11.8 Å². The molecule has 2 rings (SSSR count). The van der Waals surface area contributed by atoms with Crippen molar-refractivity contribution in [3.05, 3.63) is 29.3 Å². The molecule has 0 unspecified atom stereocenters. The van der Waals surface area contributed by atoms with E-state index in [-0.39, 0.29) is 19.3 Å². The number of aliphatic hydroxyl groups excluding tert-OH is 2. The van der Waals surface area contributed by atoms with Gasteiger partial charge >= 0.3 is 6.09 Å². The lowest BCUT2D eigenvalue weighted by molar-refractivity contribution is 0.141. The lowest BCUT2D eigenvalue weighted by Crippen LogP contribution is -2.35. The number of benzene rings is 1. The maximum atomic E-state index is 12.3. The molecule has 7 heteroatoms. The number of carbonyl (C=O) groups is 1. The summed E-state index contributed by atoms with van der Waals surface area (Å²) in [6, 6.07) is 6.81. The minimum atomic E-state index is -0.331. The highest BCUT2D eigenvalue weighted by atomic mass is 35.5. The zero-order chi connectivity index (χ0) is 21.1. The van der Waals surface area contributed by atoms with Crippen LogP contribution in [0.2, 0.25) is 5.02 Å². The molecular formula is C22H35ClN2O4. The largest absolute Gasteiger partial charge is 0.414 e. The highest BCUT2D eigenvalue weighted by molar-refractivity contribution is 6.30. The summed E-state index contributed by atoms with van der Waals surface area (Å²) in [6.45, 7) is 3.19. The van der Waals surface area contributed by atoms with Crippen molar-refractivity contribution in [2.45, 2.75) is 38.5 Å². The lowest BCUT2D eigenvalue weighted by Gasteiger charge is -2.31. The summed E-state index contributed by atoms with van der Waals surface area (Å²) >= 11 is 5.85. The normalized spacial score (nSPS) is 19.3. The van der Waals surface area contributed by atoms with Crippen molar-refractivity contribution in [3.63, 3.8) is 0 Å². The topological polar surface area (TPSA) is 73.2 Å². The molecule has 1 aliphatic rings. The molecule has 1 aromatic rings. The first-order valence-electron chi connectivity index (χ1n) is 10.6. The van der Waals surface area contributed by atoms with E-state index >= 15 is 0 Å². The van der Waals surface area contributed by atoms with Crippen molar-refractivity contribution in [3.8, 4) is 5.75 Å².